The Morgan fingerprint density at radius 1 is 1.00 bits per heavy atom. The zero-order valence-corrected chi connectivity index (χ0v) is 22.8. The Bertz CT molecular complexity index is 1350. The van der Waals surface area contributed by atoms with Crippen LogP contribution < -0.4 is 16.4 Å². The Morgan fingerprint density at radius 3 is 2.40 bits per heavy atom. The summed E-state index contributed by atoms with van der Waals surface area (Å²) in [6.07, 6.45) is 3.07. The van der Waals surface area contributed by atoms with Crippen molar-refractivity contribution in [2.75, 3.05) is 6.54 Å². The Labute approximate surface area is 233 Å². The van der Waals surface area contributed by atoms with E-state index in [2.05, 4.69) is 15.6 Å². The Hall–Kier alpha value is -4.18. The molecule has 4 rings (SSSR count). The highest BCUT2D eigenvalue weighted by Crippen LogP contribution is 2.21. The molecule has 1 saturated heterocycles. The summed E-state index contributed by atoms with van der Waals surface area (Å²) in [4.78, 5) is 56.7. The maximum atomic E-state index is 13.5. The fourth-order valence-corrected chi connectivity index (χ4v) is 5.10. The molecule has 4 atom stereocenters. The topological polar surface area (TPSA) is 158 Å². The highest BCUT2D eigenvalue weighted by atomic mass is 16.4. The lowest BCUT2D eigenvalue weighted by Crippen LogP contribution is -2.57. The lowest BCUT2D eigenvalue weighted by Gasteiger charge is -2.29. The number of benzene rings is 2. The molecule has 10 nitrogen and oxygen atoms in total. The number of aliphatic carboxylic acids is 1. The molecular formula is C30H37N5O5. The molecule has 10 heteroatoms. The summed E-state index contributed by atoms with van der Waals surface area (Å²) in [7, 11) is 0. The molecule has 40 heavy (non-hydrogen) atoms. The van der Waals surface area contributed by atoms with Gasteiger partial charge in [0.1, 0.15) is 18.1 Å². The number of aromatic amines is 1. The average molecular weight is 548 g/mol. The molecule has 1 aliphatic heterocycles. The molecule has 3 aromatic rings. The van der Waals surface area contributed by atoms with Crippen molar-refractivity contribution in [2.45, 2.75) is 63.7 Å². The van der Waals surface area contributed by atoms with Crippen molar-refractivity contribution < 1.29 is 24.3 Å². The van der Waals surface area contributed by atoms with Crippen LogP contribution in [0.25, 0.3) is 10.9 Å². The smallest absolute Gasteiger partial charge is 0.326 e. The van der Waals surface area contributed by atoms with Crippen LogP contribution in [0.3, 0.4) is 0 Å². The van der Waals surface area contributed by atoms with Crippen LogP contribution in [-0.2, 0) is 32.0 Å². The van der Waals surface area contributed by atoms with Crippen LogP contribution in [-0.4, -0.2) is 69.4 Å². The van der Waals surface area contributed by atoms with E-state index in [4.69, 9.17) is 5.73 Å². The quantitative estimate of drug-likeness (QED) is 0.247. The van der Waals surface area contributed by atoms with E-state index in [0.717, 1.165) is 22.0 Å². The Balaban J connectivity index is 1.52. The number of amides is 3. The summed E-state index contributed by atoms with van der Waals surface area (Å²) >= 11 is 0. The first kappa shape index (κ1) is 28.8. The van der Waals surface area contributed by atoms with E-state index in [1.807, 2.05) is 68.4 Å². The molecule has 1 fully saturated rings. The van der Waals surface area contributed by atoms with Gasteiger partial charge in [-0.25, -0.2) is 4.79 Å². The first-order chi connectivity index (χ1) is 19.2. The number of nitrogens with two attached hydrogens (primary N) is 1. The second-order valence-electron chi connectivity index (χ2n) is 10.7. The molecule has 2 aromatic carbocycles. The van der Waals surface area contributed by atoms with Gasteiger partial charge in [-0.1, -0.05) is 62.4 Å². The van der Waals surface area contributed by atoms with Crippen LogP contribution >= 0.6 is 0 Å². The van der Waals surface area contributed by atoms with Crippen LogP contribution in [0.2, 0.25) is 0 Å². The number of H-pyrrole nitrogens is 1. The van der Waals surface area contributed by atoms with Crippen LogP contribution in [0.15, 0.2) is 60.8 Å². The molecule has 0 aliphatic carbocycles. The van der Waals surface area contributed by atoms with Crippen molar-refractivity contribution in [3.63, 3.8) is 0 Å². The minimum atomic E-state index is -1.21. The third kappa shape index (κ3) is 6.69. The average Bonchev–Trinajstić information content (AvgIpc) is 3.59. The highest BCUT2D eigenvalue weighted by Gasteiger charge is 2.38. The Morgan fingerprint density at radius 2 is 1.70 bits per heavy atom. The zero-order valence-electron chi connectivity index (χ0n) is 22.8. The standard InChI is InChI=1S/C30H37N5O5/c1-18(2)26(31)29(38)35-14-8-13-25(35)28(37)33-23(15-19-9-4-3-5-10-19)27(36)34-24(30(39)40)16-20-17-32-22-12-7-6-11-21(20)22/h3-7,9-12,17-18,23-26,32H,8,13-16,31H2,1-2H3,(H,33,37)(H,34,36)(H,39,40). The molecule has 2 heterocycles. The minimum Gasteiger partial charge on any atom is -0.480 e. The number of rotatable bonds is 11. The number of para-hydroxylation sites is 1. The number of carboxylic acids is 1. The number of carbonyl (C=O) groups is 4. The van der Waals surface area contributed by atoms with E-state index in [-0.39, 0.29) is 24.7 Å². The predicted molar refractivity (Wildman–Crippen MR) is 151 cm³/mol. The molecule has 0 saturated carbocycles. The number of hydrogen-bond acceptors (Lipinski definition) is 5. The molecular weight excluding hydrogens is 510 g/mol. The fraction of sp³-hybridized carbons (Fsp3) is 0.400. The van der Waals surface area contributed by atoms with E-state index in [0.29, 0.717) is 19.4 Å². The summed E-state index contributed by atoms with van der Waals surface area (Å²) in [6.45, 7) is 4.12. The third-order valence-electron chi connectivity index (χ3n) is 7.47. The summed E-state index contributed by atoms with van der Waals surface area (Å²) in [5.74, 6) is -2.63. The number of nitrogens with zero attached hydrogens (tertiary/aromatic N) is 1. The monoisotopic (exact) mass is 547 g/mol. The second kappa shape index (κ2) is 12.8. The molecule has 212 valence electrons. The number of likely N-dealkylation sites (tertiary alicyclic amines) is 1. The van der Waals surface area contributed by atoms with Gasteiger partial charge in [0.2, 0.25) is 17.7 Å². The van der Waals surface area contributed by atoms with Gasteiger partial charge in [0.25, 0.3) is 0 Å². The molecule has 0 bridgehead atoms. The molecule has 0 spiro atoms. The van der Waals surface area contributed by atoms with Crippen molar-refractivity contribution in [1.29, 1.82) is 0 Å². The summed E-state index contributed by atoms with van der Waals surface area (Å²) in [5.41, 5.74) is 8.51. The van der Waals surface area contributed by atoms with E-state index >= 15 is 0 Å². The van der Waals surface area contributed by atoms with Crippen molar-refractivity contribution in [3.05, 3.63) is 71.9 Å². The first-order valence-corrected chi connectivity index (χ1v) is 13.6. The second-order valence-corrected chi connectivity index (χ2v) is 10.7. The van der Waals surface area contributed by atoms with E-state index in [9.17, 15) is 24.3 Å². The number of carboxylic acid groups (broad SMARTS) is 1. The zero-order chi connectivity index (χ0) is 28.8. The number of aromatic nitrogens is 1. The predicted octanol–water partition coefficient (Wildman–Crippen LogP) is 1.98. The third-order valence-corrected chi connectivity index (χ3v) is 7.47. The van der Waals surface area contributed by atoms with Crippen molar-refractivity contribution in [1.82, 2.24) is 20.5 Å². The minimum absolute atomic E-state index is 0.0646. The van der Waals surface area contributed by atoms with Gasteiger partial charge in [-0.05, 0) is 36.0 Å². The van der Waals surface area contributed by atoms with Gasteiger partial charge in [-0.2, -0.15) is 0 Å². The van der Waals surface area contributed by atoms with E-state index < -0.39 is 42.0 Å². The molecule has 1 aliphatic rings. The summed E-state index contributed by atoms with van der Waals surface area (Å²) in [6, 6.07) is 13.0. The molecule has 4 unspecified atom stereocenters. The number of nitrogens with one attached hydrogen (secondary N) is 3. The Kier molecular flexibility index (Phi) is 9.21. The van der Waals surface area contributed by atoms with E-state index in [1.165, 1.54) is 4.90 Å². The molecule has 0 radical (unpaired) electrons. The number of carbonyl (C=O) groups excluding carboxylic acids is 3. The van der Waals surface area contributed by atoms with E-state index in [1.54, 1.807) is 6.20 Å². The number of fused-ring (bicyclic) bond motifs is 1. The van der Waals surface area contributed by atoms with Crippen molar-refractivity contribution >= 4 is 34.6 Å². The summed E-state index contributed by atoms with van der Waals surface area (Å²) in [5, 5.41) is 16.3. The van der Waals surface area contributed by atoms with Crippen LogP contribution in [0.1, 0.15) is 37.8 Å². The lowest BCUT2D eigenvalue weighted by atomic mass is 10.0. The SMILES string of the molecule is CC(C)C(N)C(=O)N1CCCC1C(=O)NC(Cc1ccccc1)C(=O)NC(Cc1c[nH]c2ccccc12)C(=O)O. The largest absolute Gasteiger partial charge is 0.480 e. The molecule has 1 aromatic heterocycles. The van der Waals surface area contributed by atoms with Gasteiger partial charge < -0.3 is 31.4 Å². The maximum Gasteiger partial charge on any atom is 0.326 e. The highest BCUT2D eigenvalue weighted by molar-refractivity contribution is 5.95. The normalized spacial score (nSPS) is 17.4. The molecule has 6 N–H and O–H groups in total. The van der Waals surface area contributed by atoms with Crippen LogP contribution in [0, 0.1) is 5.92 Å². The van der Waals surface area contributed by atoms with Crippen molar-refractivity contribution in [3.8, 4) is 0 Å². The first-order valence-electron chi connectivity index (χ1n) is 13.6. The van der Waals surface area contributed by atoms with Gasteiger partial charge >= 0.3 is 5.97 Å². The van der Waals surface area contributed by atoms with Gasteiger partial charge in [-0.3, -0.25) is 14.4 Å². The maximum absolute atomic E-state index is 13.5. The summed E-state index contributed by atoms with van der Waals surface area (Å²) < 4.78 is 0. The fourth-order valence-electron chi connectivity index (χ4n) is 5.10. The van der Waals surface area contributed by atoms with Gasteiger partial charge in [0.05, 0.1) is 6.04 Å². The van der Waals surface area contributed by atoms with Crippen LogP contribution in [0.4, 0.5) is 0 Å². The van der Waals surface area contributed by atoms with Crippen molar-refractivity contribution in [2.24, 2.45) is 11.7 Å². The number of hydrogen-bond donors (Lipinski definition) is 5. The van der Waals surface area contributed by atoms with Gasteiger partial charge in [-0.15, -0.1) is 0 Å². The lowest BCUT2D eigenvalue weighted by molar-refractivity contribution is -0.143. The van der Waals surface area contributed by atoms with Gasteiger partial charge in [0, 0.05) is 36.5 Å². The van der Waals surface area contributed by atoms with Gasteiger partial charge in [0.15, 0.2) is 0 Å². The van der Waals surface area contributed by atoms with Crippen LogP contribution in [0.5, 0.6) is 0 Å². The molecule has 3 amide bonds.